The topological polar surface area (TPSA) is 111 Å². The van der Waals surface area contributed by atoms with Gasteiger partial charge in [-0.25, -0.2) is 4.68 Å². The number of rotatable bonds is 7. The van der Waals surface area contributed by atoms with E-state index in [1.165, 1.54) is 0 Å². The van der Waals surface area contributed by atoms with Crippen molar-refractivity contribution in [1.29, 1.82) is 0 Å². The summed E-state index contributed by atoms with van der Waals surface area (Å²) in [5.41, 5.74) is 3.11. The summed E-state index contributed by atoms with van der Waals surface area (Å²) in [4.78, 5) is 28.7. The highest BCUT2D eigenvalue weighted by atomic mass is 31.2. The van der Waals surface area contributed by atoms with Gasteiger partial charge in [-0.05, 0) is 31.9 Å². The summed E-state index contributed by atoms with van der Waals surface area (Å²) in [6, 6.07) is 22.3. The smallest absolute Gasteiger partial charge is 0.141 e. The molecule has 4 rings (SSSR count). The first-order valence-electron chi connectivity index (χ1n) is 9.47. The van der Waals surface area contributed by atoms with E-state index < -0.39 is 13.4 Å². The Morgan fingerprint density at radius 2 is 1.67 bits per heavy atom. The highest BCUT2D eigenvalue weighted by molar-refractivity contribution is 7.48. The maximum atomic E-state index is 12.3. The number of quaternary nitrogens is 1. The van der Waals surface area contributed by atoms with Crippen molar-refractivity contribution in [3.05, 3.63) is 103 Å². The second-order valence-corrected chi connectivity index (χ2v) is 8.50. The SMILES string of the molecule is O=P([O-])([O-])[C@@H]([NH2+]Cc1ccccc1)c1cn(-c2ccccc2)nc1-c1cccnc1. The second-order valence-electron chi connectivity index (χ2n) is 6.86. The van der Waals surface area contributed by atoms with Crippen molar-refractivity contribution in [1.82, 2.24) is 14.8 Å². The average Bonchev–Trinajstić information content (AvgIpc) is 3.20. The molecule has 0 fully saturated rings. The Hall–Kier alpha value is -3.09. The number of aromatic nitrogens is 3. The lowest BCUT2D eigenvalue weighted by Crippen LogP contribution is -2.84. The summed E-state index contributed by atoms with van der Waals surface area (Å²) < 4.78 is 13.9. The predicted octanol–water partition coefficient (Wildman–Crippen LogP) is 1.61. The third-order valence-electron chi connectivity index (χ3n) is 4.78. The minimum atomic E-state index is -4.99. The molecule has 0 saturated heterocycles. The van der Waals surface area contributed by atoms with Crippen molar-refractivity contribution in [2.45, 2.75) is 12.3 Å². The molecule has 7 nitrogen and oxygen atoms in total. The van der Waals surface area contributed by atoms with Crippen LogP contribution in [0.1, 0.15) is 16.9 Å². The standard InChI is InChI=1S/C22H21N4O3P/c27-30(28,29)22(24-14-17-8-3-1-4-9-17)20-16-26(19-11-5-2-6-12-19)25-21(20)18-10-7-13-23-15-18/h1-13,15-16,22,24H,14H2,(H2,27,28,29)/p-1/t22-/m1/s1. The van der Waals surface area contributed by atoms with Gasteiger partial charge in [0.15, 0.2) is 0 Å². The molecule has 0 spiro atoms. The number of hydrogen-bond donors (Lipinski definition) is 1. The lowest BCUT2D eigenvalue weighted by molar-refractivity contribution is -0.699. The Morgan fingerprint density at radius 3 is 2.30 bits per heavy atom. The van der Waals surface area contributed by atoms with Crippen molar-refractivity contribution in [2.24, 2.45) is 0 Å². The molecule has 0 unspecified atom stereocenters. The maximum absolute atomic E-state index is 12.3. The largest absolute Gasteiger partial charge is 0.806 e. The third kappa shape index (κ3) is 4.56. The van der Waals surface area contributed by atoms with Crippen LogP contribution < -0.4 is 15.1 Å². The normalized spacial score (nSPS) is 12.6. The van der Waals surface area contributed by atoms with E-state index in [0.717, 1.165) is 11.3 Å². The van der Waals surface area contributed by atoms with Crippen LogP contribution >= 0.6 is 7.60 Å². The van der Waals surface area contributed by atoms with Gasteiger partial charge in [0.2, 0.25) is 0 Å². The van der Waals surface area contributed by atoms with Gasteiger partial charge in [-0.15, -0.1) is 0 Å². The molecule has 0 amide bonds. The molecule has 30 heavy (non-hydrogen) atoms. The molecule has 0 aliphatic heterocycles. The lowest BCUT2D eigenvalue weighted by Gasteiger charge is -2.35. The van der Waals surface area contributed by atoms with Crippen LogP contribution in [-0.2, 0) is 11.1 Å². The van der Waals surface area contributed by atoms with E-state index >= 15 is 0 Å². The fraction of sp³-hybridized carbons (Fsp3) is 0.0909. The number of para-hydroxylation sites is 1. The van der Waals surface area contributed by atoms with Crippen LogP contribution in [0.3, 0.4) is 0 Å². The zero-order valence-electron chi connectivity index (χ0n) is 16.0. The summed E-state index contributed by atoms with van der Waals surface area (Å²) in [6.45, 7) is 0.350. The molecule has 2 aromatic heterocycles. The molecule has 2 aromatic carbocycles. The molecule has 0 radical (unpaired) electrons. The van der Waals surface area contributed by atoms with Crippen LogP contribution in [0.4, 0.5) is 0 Å². The van der Waals surface area contributed by atoms with Crippen LogP contribution in [0.15, 0.2) is 91.4 Å². The molecule has 4 aromatic rings. The van der Waals surface area contributed by atoms with Crippen molar-refractivity contribution in [3.8, 4) is 16.9 Å². The summed E-state index contributed by atoms with van der Waals surface area (Å²) in [5, 5.41) is 6.14. The lowest BCUT2D eigenvalue weighted by atomic mass is 10.1. The first kappa shape index (κ1) is 20.2. The Labute approximate surface area is 174 Å². The molecule has 2 N–H and O–H groups in total. The Bertz CT molecular complexity index is 1140. The summed E-state index contributed by atoms with van der Waals surface area (Å²) in [6.07, 6.45) is 4.85. The highest BCUT2D eigenvalue weighted by Crippen LogP contribution is 2.42. The molecular weight excluding hydrogens is 399 g/mol. The van der Waals surface area contributed by atoms with Crippen LogP contribution in [0, 0.1) is 0 Å². The molecule has 0 aliphatic rings. The molecular formula is C22H20N4O3P-. The maximum Gasteiger partial charge on any atom is 0.141 e. The minimum Gasteiger partial charge on any atom is -0.806 e. The fourth-order valence-electron chi connectivity index (χ4n) is 3.33. The van der Waals surface area contributed by atoms with Gasteiger partial charge < -0.3 is 19.7 Å². The molecule has 1 atom stereocenters. The van der Waals surface area contributed by atoms with Gasteiger partial charge >= 0.3 is 0 Å². The Kier molecular flexibility index (Phi) is 5.88. The van der Waals surface area contributed by atoms with E-state index in [1.807, 2.05) is 60.7 Å². The number of pyridine rings is 1. The van der Waals surface area contributed by atoms with Crippen molar-refractivity contribution in [3.63, 3.8) is 0 Å². The van der Waals surface area contributed by atoms with Gasteiger partial charge in [0.1, 0.15) is 18.0 Å². The zero-order valence-corrected chi connectivity index (χ0v) is 16.9. The summed E-state index contributed by atoms with van der Waals surface area (Å²) in [5.74, 6) is -1.31. The second kappa shape index (κ2) is 8.73. The van der Waals surface area contributed by atoms with Gasteiger partial charge in [-0.3, -0.25) is 4.98 Å². The average molecular weight is 419 g/mol. The van der Waals surface area contributed by atoms with Crippen LogP contribution in [0.25, 0.3) is 16.9 Å². The van der Waals surface area contributed by atoms with Crippen molar-refractivity contribution >= 4 is 7.60 Å². The van der Waals surface area contributed by atoms with E-state index in [9.17, 15) is 14.4 Å². The molecule has 152 valence electrons. The van der Waals surface area contributed by atoms with Crippen LogP contribution in [-0.4, -0.2) is 14.8 Å². The summed E-state index contributed by atoms with van der Waals surface area (Å²) in [7, 11) is -4.99. The quantitative estimate of drug-likeness (QED) is 0.458. The van der Waals surface area contributed by atoms with Crippen molar-refractivity contribution in [2.75, 3.05) is 0 Å². The van der Waals surface area contributed by atoms with Crippen molar-refractivity contribution < 1.29 is 19.7 Å². The summed E-state index contributed by atoms with van der Waals surface area (Å²) >= 11 is 0. The van der Waals surface area contributed by atoms with Gasteiger partial charge in [0, 0.05) is 29.7 Å². The number of hydrogen-bond acceptors (Lipinski definition) is 5. The van der Waals surface area contributed by atoms with Gasteiger partial charge in [0.25, 0.3) is 0 Å². The number of benzene rings is 2. The van der Waals surface area contributed by atoms with E-state index in [0.29, 0.717) is 23.4 Å². The Balaban J connectivity index is 1.78. The number of nitrogens with zero attached hydrogens (tertiary/aromatic N) is 3. The van der Waals surface area contributed by atoms with E-state index in [2.05, 4.69) is 10.1 Å². The Morgan fingerprint density at radius 1 is 0.967 bits per heavy atom. The molecule has 0 aliphatic carbocycles. The first-order chi connectivity index (χ1) is 14.5. The van der Waals surface area contributed by atoms with Crippen LogP contribution in [0.5, 0.6) is 0 Å². The molecule has 0 bridgehead atoms. The molecule has 0 saturated carbocycles. The fourth-order valence-corrected chi connectivity index (χ4v) is 4.23. The highest BCUT2D eigenvalue weighted by Gasteiger charge is 2.26. The molecule has 2 heterocycles. The number of nitrogens with two attached hydrogens (primary N) is 1. The van der Waals surface area contributed by atoms with Crippen LogP contribution in [0.2, 0.25) is 0 Å². The van der Waals surface area contributed by atoms with E-state index in [1.54, 1.807) is 40.7 Å². The molecule has 8 heteroatoms. The van der Waals surface area contributed by atoms with Gasteiger partial charge in [0.05, 0.1) is 11.3 Å². The van der Waals surface area contributed by atoms with E-state index in [-0.39, 0.29) is 0 Å². The first-order valence-corrected chi connectivity index (χ1v) is 11.1. The van der Waals surface area contributed by atoms with E-state index in [4.69, 9.17) is 0 Å². The minimum absolute atomic E-state index is 0.344. The monoisotopic (exact) mass is 419 g/mol. The zero-order chi connectivity index (χ0) is 21.0. The van der Waals surface area contributed by atoms with Gasteiger partial charge in [-0.1, -0.05) is 48.5 Å². The predicted molar refractivity (Wildman–Crippen MR) is 109 cm³/mol. The van der Waals surface area contributed by atoms with Gasteiger partial charge in [-0.2, -0.15) is 5.10 Å². The third-order valence-corrected chi connectivity index (χ3v) is 5.95.